The van der Waals surface area contributed by atoms with Gasteiger partial charge in [0.2, 0.25) is 5.91 Å². The van der Waals surface area contributed by atoms with Crippen LogP contribution in [0.5, 0.6) is 0 Å². The fourth-order valence-electron chi connectivity index (χ4n) is 0.667. The van der Waals surface area contributed by atoms with Crippen LogP contribution in [0.4, 0.5) is 0 Å². The van der Waals surface area contributed by atoms with Gasteiger partial charge in [-0.15, -0.1) is 0 Å². The second-order valence-corrected chi connectivity index (χ2v) is 3.07. The lowest BCUT2D eigenvalue weighted by Crippen LogP contribution is -2.29. The van der Waals surface area contributed by atoms with Gasteiger partial charge in [-0.25, -0.2) is 0 Å². The van der Waals surface area contributed by atoms with E-state index in [1.165, 1.54) is 6.08 Å². The van der Waals surface area contributed by atoms with Crippen molar-refractivity contribution in [3.05, 3.63) is 24.3 Å². The molecule has 0 rings (SSSR count). The molecule has 1 amide bonds. The van der Waals surface area contributed by atoms with E-state index in [-0.39, 0.29) is 19.1 Å². The van der Waals surface area contributed by atoms with Crippen molar-refractivity contribution in [3.63, 3.8) is 0 Å². The Labute approximate surface area is 108 Å². The van der Waals surface area contributed by atoms with E-state index >= 15 is 0 Å². The van der Waals surface area contributed by atoms with Crippen LogP contribution in [-0.2, 0) is 14.3 Å². The molecular weight excluding hydrogens is 321 g/mol. The zero-order chi connectivity index (χ0) is 12.2. The molecule has 4 nitrogen and oxygen atoms in total. The topological polar surface area (TPSA) is 55.4 Å². The maximum absolute atomic E-state index is 11.1. The van der Waals surface area contributed by atoms with Crippen molar-refractivity contribution in [3.8, 4) is 9.85 Å². The molecule has 0 aliphatic rings. The molecule has 0 radical (unpaired) electrons. The molecule has 5 heteroatoms. The summed E-state index contributed by atoms with van der Waals surface area (Å²) in [6.45, 7) is 1.74. The number of rotatable bonds is 5. The van der Waals surface area contributed by atoms with E-state index in [4.69, 9.17) is 0 Å². The quantitative estimate of drug-likeness (QED) is 0.270. The summed E-state index contributed by atoms with van der Waals surface area (Å²) in [6, 6.07) is 0. The number of allylic oxidation sites excluding steroid dienone is 3. The second kappa shape index (κ2) is 10.2. The van der Waals surface area contributed by atoms with Crippen LogP contribution in [0.3, 0.4) is 0 Å². The van der Waals surface area contributed by atoms with Gasteiger partial charge in [-0.3, -0.25) is 9.59 Å². The number of halogens is 1. The molecule has 0 spiro atoms. The maximum atomic E-state index is 11.1. The molecule has 16 heavy (non-hydrogen) atoms. The summed E-state index contributed by atoms with van der Waals surface area (Å²) in [5.74, 6) is 1.72. The van der Waals surface area contributed by atoms with Crippen molar-refractivity contribution in [2.45, 2.75) is 6.92 Å². The third-order valence-electron chi connectivity index (χ3n) is 1.33. The third kappa shape index (κ3) is 9.27. The number of nitrogens with one attached hydrogen (secondary N) is 1. The third-order valence-corrected chi connectivity index (χ3v) is 1.71. The Bertz CT molecular complexity index is 350. The minimum atomic E-state index is -0.507. The SMILES string of the molecule is CC=CC=CC(=O)NCC(=O)OCC#CI. The highest BCUT2D eigenvalue weighted by Gasteiger charge is 2.02. The molecule has 0 saturated heterocycles. The minimum absolute atomic E-state index is 0.0477. The van der Waals surface area contributed by atoms with E-state index in [1.54, 1.807) is 18.2 Å². The molecule has 0 atom stereocenters. The van der Waals surface area contributed by atoms with E-state index in [1.807, 2.05) is 29.5 Å². The zero-order valence-corrected chi connectivity index (χ0v) is 11.0. The van der Waals surface area contributed by atoms with Gasteiger partial charge in [0.15, 0.2) is 6.61 Å². The van der Waals surface area contributed by atoms with Crippen LogP contribution in [0.2, 0.25) is 0 Å². The van der Waals surface area contributed by atoms with Gasteiger partial charge in [0.1, 0.15) is 6.54 Å². The Morgan fingerprint density at radius 3 is 2.81 bits per heavy atom. The number of esters is 1. The summed E-state index contributed by atoms with van der Waals surface area (Å²) in [5, 5.41) is 2.38. The Morgan fingerprint density at radius 1 is 1.44 bits per heavy atom. The van der Waals surface area contributed by atoms with E-state index in [2.05, 4.69) is 19.9 Å². The van der Waals surface area contributed by atoms with Gasteiger partial charge in [0.05, 0.1) is 0 Å². The predicted molar refractivity (Wildman–Crippen MR) is 69.7 cm³/mol. The van der Waals surface area contributed by atoms with Crippen LogP contribution in [0, 0.1) is 9.85 Å². The van der Waals surface area contributed by atoms with Gasteiger partial charge in [-0.2, -0.15) is 0 Å². The van der Waals surface area contributed by atoms with E-state index in [0.29, 0.717) is 0 Å². The molecule has 0 bridgehead atoms. The summed E-state index contributed by atoms with van der Waals surface area (Å²) in [5.41, 5.74) is 0. The Morgan fingerprint density at radius 2 is 2.19 bits per heavy atom. The van der Waals surface area contributed by atoms with Gasteiger partial charge in [-0.1, -0.05) is 24.1 Å². The molecule has 0 aromatic rings. The first-order valence-corrected chi connectivity index (χ1v) is 5.60. The maximum Gasteiger partial charge on any atom is 0.326 e. The lowest BCUT2D eigenvalue weighted by atomic mass is 10.4. The fourth-order valence-corrected chi connectivity index (χ4v) is 0.823. The molecule has 0 aromatic carbocycles. The molecule has 0 fully saturated rings. The van der Waals surface area contributed by atoms with Crippen LogP contribution >= 0.6 is 22.6 Å². The second-order valence-electron chi connectivity index (χ2n) is 2.53. The van der Waals surface area contributed by atoms with E-state index in [9.17, 15) is 9.59 Å². The van der Waals surface area contributed by atoms with Crippen LogP contribution in [0.1, 0.15) is 6.92 Å². The molecule has 0 saturated carbocycles. The standard InChI is InChI=1S/C11H12INO3/c1-2-3-4-6-10(14)13-9-11(15)16-8-5-7-12/h2-4,6H,8-9H2,1H3,(H,13,14). The first-order chi connectivity index (χ1) is 7.70. The van der Waals surface area contributed by atoms with Gasteiger partial charge in [-0.05, 0) is 10.9 Å². The lowest BCUT2D eigenvalue weighted by molar-refractivity contribution is -0.142. The number of hydrogen-bond acceptors (Lipinski definition) is 3. The Hall–Kier alpha value is -1.29. The molecule has 0 aromatic heterocycles. The Kier molecular flexibility index (Phi) is 9.41. The molecule has 1 N–H and O–H groups in total. The van der Waals surface area contributed by atoms with Crippen molar-refractivity contribution in [1.29, 1.82) is 0 Å². The van der Waals surface area contributed by atoms with E-state index < -0.39 is 5.97 Å². The van der Waals surface area contributed by atoms with E-state index in [0.717, 1.165) is 0 Å². The monoisotopic (exact) mass is 333 g/mol. The zero-order valence-electron chi connectivity index (χ0n) is 8.83. The molecule has 0 aliphatic carbocycles. The van der Waals surface area contributed by atoms with Gasteiger partial charge in [0, 0.05) is 28.7 Å². The molecular formula is C11H12INO3. The van der Waals surface area contributed by atoms with Crippen molar-refractivity contribution in [2.24, 2.45) is 0 Å². The molecule has 0 aliphatic heterocycles. The first kappa shape index (κ1) is 14.7. The van der Waals surface area contributed by atoms with Crippen LogP contribution < -0.4 is 5.32 Å². The summed E-state index contributed by atoms with van der Waals surface area (Å²) in [4.78, 5) is 22.1. The van der Waals surface area contributed by atoms with Crippen LogP contribution in [0.25, 0.3) is 0 Å². The highest BCUT2D eigenvalue weighted by atomic mass is 127. The number of hydrogen-bond donors (Lipinski definition) is 1. The Balaban J connectivity index is 3.73. The molecule has 86 valence electrons. The van der Waals surface area contributed by atoms with Crippen molar-refractivity contribution >= 4 is 34.5 Å². The summed E-state index contributed by atoms with van der Waals surface area (Å²) in [6.07, 6.45) is 6.43. The average Bonchev–Trinajstić information content (AvgIpc) is 2.27. The largest absolute Gasteiger partial charge is 0.451 e. The van der Waals surface area contributed by atoms with Crippen molar-refractivity contribution in [1.82, 2.24) is 5.32 Å². The lowest BCUT2D eigenvalue weighted by Gasteiger charge is -2.01. The fraction of sp³-hybridized carbons (Fsp3) is 0.273. The summed E-state index contributed by atoms with van der Waals surface area (Å²) < 4.78 is 7.25. The van der Waals surface area contributed by atoms with Gasteiger partial charge in [0.25, 0.3) is 0 Å². The van der Waals surface area contributed by atoms with Crippen molar-refractivity contribution in [2.75, 3.05) is 13.2 Å². The first-order valence-electron chi connectivity index (χ1n) is 4.52. The van der Waals surface area contributed by atoms with Crippen LogP contribution in [0.15, 0.2) is 24.3 Å². The highest BCUT2D eigenvalue weighted by Crippen LogP contribution is 1.80. The van der Waals surface area contributed by atoms with Gasteiger partial charge < -0.3 is 10.1 Å². The smallest absolute Gasteiger partial charge is 0.326 e. The number of carbonyl (C=O) groups is 2. The van der Waals surface area contributed by atoms with Crippen molar-refractivity contribution < 1.29 is 14.3 Å². The summed E-state index contributed by atoms with van der Waals surface area (Å²) >= 11 is 1.85. The van der Waals surface area contributed by atoms with Gasteiger partial charge >= 0.3 is 5.97 Å². The summed E-state index contributed by atoms with van der Waals surface area (Å²) in [7, 11) is 0. The number of carbonyl (C=O) groups excluding carboxylic acids is 2. The molecule has 0 heterocycles. The highest BCUT2D eigenvalue weighted by molar-refractivity contribution is 14.1. The normalized spacial score (nSPS) is 9.88. The molecule has 0 unspecified atom stereocenters. The predicted octanol–water partition coefficient (Wildman–Crippen LogP) is 1.17. The average molecular weight is 333 g/mol. The minimum Gasteiger partial charge on any atom is -0.451 e. The number of amides is 1. The van der Waals surface area contributed by atoms with Crippen LogP contribution in [-0.4, -0.2) is 25.0 Å². The number of ether oxygens (including phenoxy) is 1.